The molecule has 1 N–H and O–H groups in total. The fourth-order valence-corrected chi connectivity index (χ4v) is 3.38. The van der Waals surface area contributed by atoms with Gasteiger partial charge in [0.1, 0.15) is 0 Å². The van der Waals surface area contributed by atoms with Crippen molar-refractivity contribution < 1.29 is 14.6 Å². The van der Waals surface area contributed by atoms with Crippen LogP contribution in [-0.4, -0.2) is 18.2 Å². The summed E-state index contributed by atoms with van der Waals surface area (Å²) < 4.78 is 5.71. The molecule has 0 aliphatic rings. The van der Waals surface area contributed by atoms with E-state index in [2.05, 4.69) is 4.74 Å². The van der Waals surface area contributed by atoms with E-state index in [1.807, 2.05) is 6.07 Å². The Kier molecular flexibility index (Phi) is 2.54. The van der Waals surface area contributed by atoms with Crippen molar-refractivity contribution in [3.63, 3.8) is 0 Å². The third-order valence-corrected chi connectivity index (χ3v) is 4.12. The molecular formula is C9H8O3S2. The highest BCUT2D eigenvalue weighted by molar-refractivity contribution is 7.37. The number of carbonyl (C=O) groups excluding carboxylic acids is 1. The van der Waals surface area contributed by atoms with Crippen molar-refractivity contribution in [2.24, 2.45) is 0 Å². The van der Waals surface area contributed by atoms with Gasteiger partial charge < -0.3 is 9.84 Å². The standard InChI is InChI=1S/C9H8O3S2/c1-12-8(11)7-4-13-9-6(7)2-5(3-10)14-9/h2,4,10H,3H2,1H3. The first-order valence-electron chi connectivity index (χ1n) is 3.95. The highest BCUT2D eigenvalue weighted by Gasteiger charge is 2.14. The summed E-state index contributed by atoms with van der Waals surface area (Å²) in [7, 11) is 1.37. The fourth-order valence-electron chi connectivity index (χ4n) is 1.22. The molecule has 5 heteroatoms. The van der Waals surface area contributed by atoms with Crippen molar-refractivity contribution in [1.29, 1.82) is 0 Å². The summed E-state index contributed by atoms with van der Waals surface area (Å²) in [5, 5.41) is 11.6. The Labute approximate surface area is 88.6 Å². The molecule has 0 amide bonds. The lowest BCUT2D eigenvalue weighted by Gasteiger charge is -1.93. The molecule has 14 heavy (non-hydrogen) atoms. The molecular weight excluding hydrogens is 220 g/mol. The molecule has 0 bridgehead atoms. The third kappa shape index (κ3) is 1.43. The topological polar surface area (TPSA) is 46.5 Å². The van der Waals surface area contributed by atoms with Gasteiger partial charge in [0, 0.05) is 15.6 Å². The molecule has 0 spiro atoms. The highest BCUT2D eigenvalue weighted by Crippen LogP contribution is 2.34. The Morgan fingerprint density at radius 3 is 3.07 bits per heavy atom. The molecule has 0 aliphatic heterocycles. The van der Waals surface area contributed by atoms with E-state index >= 15 is 0 Å². The van der Waals surface area contributed by atoms with Gasteiger partial charge >= 0.3 is 5.97 Å². The average molecular weight is 228 g/mol. The molecule has 0 saturated heterocycles. The number of carbonyl (C=O) groups is 1. The number of aliphatic hydroxyl groups excluding tert-OH is 1. The zero-order valence-electron chi connectivity index (χ0n) is 7.44. The number of rotatable bonds is 2. The highest BCUT2D eigenvalue weighted by atomic mass is 32.2. The second kappa shape index (κ2) is 3.68. The number of esters is 1. The number of hydrogen-bond donors (Lipinski definition) is 1. The van der Waals surface area contributed by atoms with E-state index in [9.17, 15) is 4.79 Å². The van der Waals surface area contributed by atoms with Gasteiger partial charge in [0.15, 0.2) is 0 Å². The van der Waals surface area contributed by atoms with Crippen LogP contribution in [0.3, 0.4) is 0 Å². The third-order valence-electron chi connectivity index (χ3n) is 1.88. The maximum Gasteiger partial charge on any atom is 0.339 e. The minimum atomic E-state index is -0.321. The van der Waals surface area contributed by atoms with E-state index in [4.69, 9.17) is 5.11 Å². The molecule has 0 aromatic carbocycles. The summed E-state index contributed by atoms with van der Waals surface area (Å²) in [6.07, 6.45) is 0. The average Bonchev–Trinajstić information content (AvgIpc) is 2.74. The van der Waals surface area contributed by atoms with Crippen molar-refractivity contribution >= 4 is 38.0 Å². The van der Waals surface area contributed by atoms with Crippen LogP contribution in [0.15, 0.2) is 11.4 Å². The van der Waals surface area contributed by atoms with Crippen molar-refractivity contribution in [1.82, 2.24) is 0 Å². The number of aliphatic hydroxyl groups is 1. The van der Waals surface area contributed by atoms with Crippen LogP contribution in [0.25, 0.3) is 9.40 Å². The quantitative estimate of drug-likeness (QED) is 0.802. The SMILES string of the molecule is COC(=O)c1csc2sc(CO)cc12. The van der Waals surface area contributed by atoms with Gasteiger partial charge in [0.2, 0.25) is 0 Å². The lowest BCUT2D eigenvalue weighted by Crippen LogP contribution is -1.98. The molecule has 2 aromatic heterocycles. The van der Waals surface area contributed by atoms with Gasteiger partial charge in [-0.2, -0.15) is 0 Å². The molecule has 3 nitrogen and oxygen atoms in total. The number of methoxy groups -OCH3 is 1. The molecule has 0 saturated carbocycles. The van der Waals surface area contributed by atoms with Crippen LogP contribution >= 0.6 is 22.7 Å². The Hall–Kier alpha value is -0.910. The van der Waals surface area contributed by atoms with Gasteiger partial charge in [0.25, 0.3) is 0 Å². The summed E-state index contributed by atoms with van der Waals surface area (Å²) in [5.41, 5.74) is 0.587. The normalized spacial score (nSPS) is 10.7. The molecule has 0 fully saturated rings. The predicted molar refractivity (Wildman–Crippen MR) is 57.0 cm³/mol. The van der Waals surface area contributed by atoms with Crippen LogP contribution in [0.1, 0.15) is 15.2 Å². The van der Waals surface area contributed by atoms with Crippen LogP contribution in [-0.2, 0) is 11.3 Å². The zero-order valence-corrected chi connectivity index (χ0v) is 9.08. The Morgan fingerprint density at radius 2 is 2.43 bits per heavy atom. The first-order valence-corrected chi connectivity index (χ1v) is 5.65. The molecule has 0 radical (unpaired) electrons. The molecule has 74 valence electrons. The monoisotopic (exact) mass is 228 g/mol. The zero-order chi connectivity index (χ0) is 10.1. The lowest BCUT2D eigenvalue weighted by molar-refractivity contribution is 0.0603. The summed E-state index contributed by atoms with van der Waals surface area (Å²) in [4.78, 5) is 12.2. The van der Waals surface area contributed by atoms with Crippen LogP contribution in [0.5, 0.6) is 0 Å². The van der Waals surface area contributed by atoms with Gasteiger partial charge in [0.05, 0.1) is 23.3 Å². The summed E-state index contributed by atoms with van der Waals surface area (Å²) >= 11 is 3.01. The first kappa shape index (κ1) is 9.64. The Balaban J connectivity index is 2.55. The molecule has 2 heterocycles. The maximum atomic E-state index is 11.3. The number of hydrogen-bond acceptors (Lipinski definition) is 5. The van der Waals surface area contributed by atoms with E-state index in [1.54, 1.807) is 5.38 Å². The second-order valence-electron chi connectivity index (χ2n) is 2.71. The predicted octanol–water partition coefficient (Wildman–Crippen LogP) is 2.24. The second-order valence-corrected chi connectivity index (χ2v) is 4.99. The van der Waals surface area contributed by atoms with Crippen molar-refractivity contribution in [2.75, 3.05) is 7.11 Å². The molecule has 0 aliphatic carbocycles. The van der Waals surface area contributed by atoms with Crippen molar-refractivity contribution in [3.8, 4) is 0 Å². The van der Waals surface area contributed by atoms with Crippen LogP contribution < -0.4 is 0 Å². The van der Waals surface area contributed by atoms with Gasteiger partial charge in [-0.15, -0.1) is 22.7 Å². The minimum absolute atomic E-state index is 0.0205. The van der Waals surface area contributed by atoms with Gasteiger partial charge in [-0.25, -0.2) is 4.79 Å². The van der Waals surface area contributed by atoms with E-state index in [0.717, 1.165) is 14.3 Å². The van der Waals surface area contributed by atoms with Crippen molar-refractivity contribution in [2.45, 2.75) is 6.61 Å². The van der Waals surface area contributed by atoms with Crippen LogP contribution in [0.4, 0.5) is 0 Å². The number of thiophene rings is 2. The molecule has 2 aromatic rings. The smallest absolute Gasteiger partial charge is 0.339 e. The maximum absolute atomic E-state index is 11.3. The fraction of sp³-hybridized carbons (Fsp3) is 0.222. The number of fused-ring (bicyclic) bond motifs is 1. The van der Waals surface area contributed by atoms with E-state index in [0.29, 0.717) is 5.56 Å². The molecule has 0 unspecified atom stereocenters. The summed E-state index contributed by atoms with van der Waals surface area (Å²) in [6.45, 7) is 0.0205. The first-order chi connectivity index (χ1) is 6.76. The summed E-state index contributed by atoms with van der Waals surface area (Å²) in [5.74, 6) is -0.321. The molecule has 2 rings (SSSR count). The van der Waals surface area contributed by atoms with Gasteiger partial charge in [-0.3, -0.25) is 0 Å². The van der Waals surface area contributed by atoms with Crippen molar-refractivity contribution in [3.05, 3.63) is 21.9 Å². The largest absolute Gasteiger partial charge is 0.465 e. The van der Waals surface area contributed by atoms with E-state index in [1.165, 1.54) is 29.8 Å². The van der Waals surface area contributed by atoms with Crippen LogP contribution in [0.2, 0.25) is 0 Å². The molecule has 0 atom stereocenters. The van der Waals surface area contributed by atoms with Crippen LogP contribution in [0, 0.1) is 0 Å². The number of ether oxygens (including phenoxy) is 1. The Bertz CT molecular complexity index is 469. The Morgan fingerprint density at radius 1 is 1.64 bits per heavy atom. The van der Waals surface area contributed by atoms with Gasteiger partial charge in [-0.05, 0) is 6.07 Å². The summed E-state index contributed by atoms with van der Waals surface area (Å²) in [6, 6.07) is 1.84. The van der Waals surface area contributed by atoms with E-state index < -0.39 is 0 Å². The lowest BCUT2D eigenvalue weighted by atomic mass is 10.2. The minimum Gasteiger partial charge on any atom is -0.465 e. The van der Waals surface area contributed by atoms with E-state index in [-0.39, 0.29) is 12.6 Å². The van der Waals surface area contributed by atoms with Gasteiger partial charge in [-0.1, -0.05) is 0 Å².